The van der Waals surface area contributed by atoms with E-state index in [1.165, 1.54) is 0 Å². The minimum Gasteiger partial charge on any atom is -0.396 e. The molecule has 0 unspecified atom stereocenters. The first-order valence-corrected chi connectivity index (χ1v) is 10.2. The molecule has 1 saturated heterocycles. The second-order valence-corrected chi connectivity index (χ2v) is 8.28. The van der Waals surface area contributed by atoms with Crippen LogP contribution < -0.4 is 0 Å². The number of H-pyrrole nitrogens is 1. The number of fused-ring (bicyclic) bond motifs is 1. The van der Waals surface area contributed by atoms with Crippen molar-refractivity contribution in [2.75, 3.05) is 19.7 Å². The Bertz CT molecular complexity index is 1000. The maximum Gasteiger partial charge on any atom is 0.223 e. The zero-order valence-corrected chi connectivity index (χ0v) is 16.2. The fourth-order valence-electron chi connectivity index (χ4n) is 5.27. The fourth-order valence-corrected chi connectivity index (χ4v) is 5.27. The molecule has 3 N–H and O–H groups in total. The van der Waals surface area contributed by atoms with E-state index in [4.69, 9.17) is 0 Å². The molecular weight excluding hydrogens is 366 g/mol. The number of carbonyl (C=O) groups is 1. The van der Waals surface area contributed by atoms with Gasteiger partial charge in [-0.1, -0.05) is 42.5 Å². The molecule has 1 saturated carbocycles. The number of imidazole rings is 1. The molecule has 2 aliphatic rings. The van der Waals surface area contributed by atoms with E-state index in [1.54, 1.807) is 4.90 Å². The Morgan fingerprint density at radius 3 is 2.69 bits per heavy atom. The lowest BCUT2D eigenvalue weighted by atomic mass is 9.95. The average molecular weight is 391 g/mol. The highest BCUT2D eigenvalue weighted by atomic mass is 16.3. The van der Waals surface area contributed by atoms with Crippen molar-refractivity contribution in [2.24, 2.45) is 11.3 Å². The standard InChI is InChI=1S/C23H25N3O3/c27-13-16-22(15-6-2-1-3-7-15)23(16)14-26(12-19(23)28)21(29)11-10-20-24-17-8-4-5-9-18(17)25-20/h1-9,16,19,22,27-28H,10-14H2,(H,24,25)/t16-,19+,22-,23-/m1/s1. The number of hydrogen-bond acceptors (Lipinski definition) is 4. The largest absolute Gasteiger partial charge is 0.396 e. The molecule has 29 heavy (non-hydrogen) atoms. The predicted molar refractivity (Wildman–Crippen MR) is 109 cm³/mol. The third-order valence-electron chi connectivity index (χ3n) is 6.76. The molecule has 2 heterocycles. The van der Waals surface area contributed by atoms with Gasteiger partial charge in [0.2, 0.25) is 5.91 Å². The van der Waals surface area contributed by atoms with Gasteiger partial charge < -0.3 is 20.1 Å². The van der Waals surface area contributed by atoms with Gasteiger partial charge in [-0.3, -0.25) is 4.79 Å². The zero-order chi connectivity index (χ0) is 20.0. The molecule has 2 aromatic carbocycles. The van der Waals surface area contributed by atoms with Crippen LogP contribution in [0, 0.1) is 11.3 Å². The highest BCUT2D eigenvalue weighted by molar-refractivity contribution is 5.78. The van der Waals surface area contributed by atoms with Crippen LogP contribution in [0.15, 0.2) is 54.6 Å². The van der Waals surface area contributed by atoms with E-state index in [9.17, 15) is 15.0 Å². The van der Waals surface area contributed by atoms with Crippen LogP contribution in [0.2, 0.25) is 0 Å². The van der Waals surface area contributed by atoms with Crippen molar-refractivity contribution in [3.63, 3.8) is 0 Å². The van der Waals surface area contributed by atoms with Gasteiger partial charge in [-0.25, -0.2) is 4.98 Å². The maximum absolute atomic E-state index is 12.8. The zero-order valence-electron chi connectivity index (χ0n) is 16.2. The van der Waals surface area contributed by atoms with Crippen LogP contribution in [0.3, 0.4) is 0 Å². The molecule has 2 fully saturated rings. The maximum atomic E-state index is 12.8. The predicted octanol–water partition coefficient (Wildman–Crippen LogP) is 2.09. The summed E-state index contributed by atoms with van der Waals surface area (Å²) in [5, 5.41) is 20.7. The lowest BCUT2D eigenvalue weighted by molar-refractivity contribution is -0.130. The van der Waals surface area contributed by atoms with Crippen LogP contribution in [0.4, 0.5) is 0 Å². The molecule has 1 amide bonds. The quantitative estimate of drug-likeness (QED) is 0.621. The van der Waals surface area contributed by atoms with Gasteiger partial charge in [0.05, 0.1) is 17.1 Å². The number of aromatic amines is 1. The van der Waals surface area contributed by atoms with E-state index in [2.05, 4.69) is 9.97 Å². The number of carbonyl (C=O) groups excluding carboxylic acids is 1. The number of aryl methyl sites for hydroxylation is 1. The first-order valence-electron chi connectivity index (χ1n) is 10.2. The van der Waals surface area contributed by atoms with E-state index in [1.807, 2.05) is 54.6 Å². The van der Waals surface area contributed by atoms with Gasteiger partial charge in [0, 0.05) is 38.0 Å². The molecule has 150 valence electrons. The molecule has 6 heteroatoms. The number of hydrogen-bond donors (Lipinski definition) is 3. The average Bonchev–Trinajstić information content (AvgIpc) is 3.01. The second kappa shape index (κ2) is 6.97. The van der Waals surface area contributed by atoms with Gasteiger partial charge in [0.1, 0.15) is 5.82 Å². The number of likely N-dealkylation sites (tertiary alicyclic amines) is 1. The third kappa shape index (κ3) is 2.94. The number of aliphatic hydroxyl groups is 2. The number of amides is 1. The topological polar surface area (TPSA) is 89.5 Å². The smallest absolute Gasteiger partial charge is 0.223 e. The minimum absolute atomic E-state index is 0.00641. The van der Waals surface area contributed by atoms with Gasteiger partial charge in [0.25, 0.3) is 0 Å². The Balaban J connectivity index is 1.27. The highest BCUT2D eigenvalue weighted by Crippen LogP contribution is 2.68. The summed E-state index contributed by atoms with van der Waals surface area (Å²) in [5.41, 5.74) is 2.58. The molecule has 1 spiro atoms. The number of aromatic nitrogens is 2. The lowest BCUT2D eigenvalue weighted by Crippen LogP contribution is -2.30. The van der Waals surface area contributed by atoms with Gasteiger partial charge in [-0.05, 0) is 29.5 Å². The Morgan fingerprint density at radius 2 is 1.93 bits per heavy atom. The Morgan fingerprint density at radius 1 is 1.17 bits per heavy atom. The summed E-state index contributed by atoms with van der Waals surface area (Å²) in [5.74, 6) is 0.914. The molecule has 1 aliphatic carbocycles. The SMILES string of the molecule is O=C(CCc1nc2ccccc2[nH]1)N1C[C@H](O)[C@@]2(C1)[C@H](CO)[C@H]2c1ccccc1. The molecule has 6 nitrogen and oxygen atoms in total. The summed E-state index contributed by atoms with van der Waals surface area (Å²) < 4.78 is 0. The number of benzene rings is 2. The van der Waals surface area contributed by atoms with Gasteiger partial charge in [-0.2, -0.15) is 0 Å². The number of aliphatic hydroxyl groups excluding tert-OH is 2. The van der Waals surface area contributed by atoms with Crippen LogP contribution in [-0.4, -0.2) is 56.8 Å². The summed E-state index contributed by atoms with van der Waals surface area (Å²) in [6.07, 6.45) is 0.279. The highest BCUT2D eigenvalue weighted by Gasteiger charge is 2.71. The van der Waals surface area contributed by atoms with Crippen LogP contribution in [0.5, 0.6) is 0 Å². The van der Waals surface area contributed by atoms with Crippen molar-refractivity contribution in [1.82, 2.24) is 14.9 Å². The van der Waals surface area contributed by atoms with Crippen molar-refractivity contribution in [1.29, 1.82) is 0 Å². The number of rotatable bonds is 5. The molecule has 0 bridgehead atoms. The molecule has 1 aromatic heterocycles. The van der Waals surface area contributed by atoms with E-state index >= 15 is 0 Å². The molecule has 1 aliphatic heterocycles. The summed E-state index contributed by atoms with van der Waals surface area (Å²) in [6, 6.07) is 17.8. The third-order valence-corrected chi connectivity index (χ3v) is 6.76. The monoisotopic (exact) mass is 391 g/mol. The van der Waals surface area contributed by atoms with Gasteiger partial charge >= 0.3 is 0 Å². The van der Waals surface area contributed by atoms with Crippen molar-refractivity contribution in [3.05, 3.63) is 66.0 Å². The normalized spacial score (nSPS) is 28.3. The number of para-hydroxylation sites is 2. The second-order valence-electron chi connectivity index (χ2n) is 8.28. The molecule has 5 rings (SSSR count). The van der Waals surface area contributed by atoms with Crippen molar-refractivity contribution in [2.45, 2.75) is 24.9 Å². The Labute approximate surface area is 169 Å². The van der Waals surface area contributed by atoms with Crippen LogP contribution in [-0.2, 0) is 11.2 Å². The van der Waals surface area contributed by atoms with Gasteiger partial charge in [-0.15, -0.1) is 0 Å². The summed E-state index contributed by atoms with van der Waals surface area (Å²) in [6.45, 7) is 0.856. The van der Waals surface area contributed by atoms with E-state index in [0.717, 1.165) is 22.4 Å². The summed E-state index contributed by atoms with van der Waals surface area (Å²) in [4.78, 5) is 22.4. The molecule has 4 atom stereocenters. The number of nitrogens with zero attached hydrogens (tertiary/aromatic N) is 2. The molecule has 0 radical (unpaired) electrons. The first-order chi connectivity index (χ1) is 14.1. The Kier molecular flexibility index (Phi) is 4.41. The van der Waals surface area contributed by atoms with Crippen molar-refractivity contribution < 1.29 is 15.0 Å². The van der Waals surface area contributed by atoms with Gasteiger partial charge in [0.15, 0.2) is 0 Å². The Hall–Kier alpha value is -2.70. The molecular formula is C23H25N3O3. The minimum atomic E-state index is -0.611. The van der Waals surface area contributed by atoms with E-state index < -0.39 is 11.5 Å². The first kappa shape index (κ1) is 18.3. The van der Waals surface area contributed by atoms with Crippen molar-refractivity contribution in [3.8, 4) is 0 Å². The number of β-amino-alcohol motifs (C(OH)–C–C–N with tert-alkyl or cyclic N) is 1. The van der Waals surface area contributed by atoms with Crippen molar-refractivity contribution >= 4 is 16.9 Å². The van der Waals surface area contributed by atoms with Crippen LogP contribution >= 0.6 is 0 Å². The lowest BCUT2D eigenvalue weighted by Gasteiger charge is -2.16. The molecule has 3 aromatic rings. The number of nitrogens with one attached hydrogen (secondary N) is 1. The van der Waals surface area contributed by atoms with E-state index in [-0.39, 0.29) is 24.3 Å². The summed E-state index contributed by atoms with van der Waals surface area (Å²) >= 11 is 0. The summed E-state index contributed by atoms with van der Waals surface area (Å²) in [7, 11) is 0. The van der Waals surface area contributed by atoms with Crippen LogP contribution in [0.1, 0.15) is 23.7 Å². The van der Waals surface area contributed by atoms with Crippen LogP contribution in [0.25, 0.3) is 11.0 Å². The van der Waals surface area contributed by atoms with E-state index in [0.29, 0.717) is 25.9 Å². The fraction of sp³-hybridized carbons (Fsp3) is 0.391.